The van der Waals surface area contributed by atoms with Crippen molar-refractivity contribution in [1.29, 1.82) is 0 Å². The number of thiocarbonyl (C=S) groups is 1. The number of benzene rings is 1. The molecule has 0 saturated heterocycles. The lowest BCUT2D eigenvalue weighted by Crippen LogP contribution is -2.43. The number of amides is 1. The molecule has 0 aliphatic rings. The predicted octanol–water partition coefficient (Wildman–Crippen LogP) is 1.59. The smallest absolute Gasteiger partial charge is 0.255 e. The van der Waals surface area contributed by atoms with Crippen molar-refractivity contribution >= 4 is 23.1 Å². The second kappa shape index (κ2) is 6.94. The zero-order chi connectivity index (χ0) is 14.4. The molecule has 1 atom stereocenters. The summed E-state index contributed by atoms with van der Waals surface area (Å²) in [5.41, 5.74) is 5.73. The normalized spacial score (nSPS) is 11.7. The van der Waals surface area contributed by atoms with Gasteiger partial charge in [-0.2, -0.15) is 0 Å². The van der Waals surface area contributed by atoms with Crippen LogP contribution in [0.5, 0.6) is 11.5 Å². The second-order valence-corrected chi connectivity index (χ2v) is 4.57. The van der Waals surface area contributed by atoms with Crippen molar-refractivity contribution in [2.75, 3.05) is 7.11 Å². The minimum absolute atomic E-state index is 0.143. The quantitative estimate of drug-likeness (QED) is 0.690. The number of ether oxygens (including phenoxy) is 1. The Bertz CT molecular complexity index is 477. The molecule has 0 heterocycles. The molecule has 19 heavy (non-hydrogen) atoms. The SMILES string of the molecule is CCCC(NC(=O)c1ccc(OC)cc1O)C(N)=S. The Balaban J connectivity index is 2.85. The molecule has 5 nitrogen and oxygen atoms in total. The average Bonchev–Trinajstić information content (AvgIpc) is 2.37. The van der Waals surface area contributed by atoms with E-state index in [4.69, 9.17) is 22.7 Å². The van der Waals surface area contributed by atoms with Gasteiger partial charge in [-0.1, -0.05) is 25.6 Å². The first-order valence-electron chi connectivity index (χ1n) is 5.96. The van der Waals surface area contributed by atoms with Crippen LogP contribution >= 0.6 is 12.2 Å². The molecule has 0 saturated carbocycles. The van der Waals surface area contributed by atoms with Crippen molar-refractivity contribution in [3.05, 3.63) is 23.8 Å². The Kier molecular flexibility index (Phi) is 5.57. The standard InChI is InChI=1S/C13H18N2O3S/c1-3-4-10(12(14)19)15-13(17)9-6-5-8(18-2)7-11(9)16/h5-7,10,16H,3-4H2,1-2H3,(H2,14,19)(H,15,17). The lowest BCUT2D eigenvalue weighted by molar-refractivity contribution is 0.0943. The molecule has 6 heteroatoms. The van der Waals surface area contributed by atoms with Crippen LogP contribution in [0.4, 0.5) is 0 Å². The number of carbonyl (C=O) groups is 1. The molecular weight excluding hydrogens is 264 g/mol. The van der Waals surface area contributed by atoms with Gasteiger partial charge in [0.1, 0.15) is 11.5 Å². The van der Waals surface area contributed by atoms with Crippen LogP contribution in [0, 0.1) is 0 Å². The van der Waals surface area contributed by atoms with E-state index in [-0.39, 0.29) is 22.3 Å². The Morgan fingerprint density at radius 3 is 2.74 bits per heavy atom. The molecule has 0 radical (unpaired) electrons. The molecular formula is C13H18N2O3S. The highest BCUT2D eigenvalue weighted by Gasteiger charge is 2.18. The third-order valence-electron chi connectivity index (χ3n) is 2.68. The monoisotopic (exact) mass is 282 g/mol. The third kappa shape index (κ3) is 4.10. The van der Waals surface area contributed by atoms with Gasteiger partial charge in [-0.05, 0) is 18.6 Å². The molecule has 0 fully saturated rings. The van der Waals surface area contributed by atoms with Crippen LogP contribution in [0.25, 0.3) is 0 Å². The van der Waals surface area contributed by atoms with E-state index >= 15 is 0 Å². The molecule has 1 aromatic carbocycles. The van der Waals surface area contributed by atoms with E-state index in [9.17, 15) is 9.90 Å². The Labute approximate surface area is 117 Å². The number of phenols is 1. The fourth-order valence-corrected chi connectivity index (χ4v) is 1.82. The summed E-state index contributed by atoms with van der Waals surface area (Å²) >= 11 is 4.90. The molecule has 1 aromatic rings. The van der Waals surface area contributed by atoms with Crippen LogP contribution in [-0.2, 0) is 0 Å². The van der Waals surface area contributed by atoms with Crippen molar-refractivity contribution in [3.8, 4) is 11.5 Å². The largest absolute Gasteiger partial charge is 0.507 e. The highest BCUT2D eigenvalue weighted by Crippen LogP contribution is 2.23. The second-order valence-electron chi connectivity index (χ2n) is 4.10. The van der Waals surface area contributed by atoms with E-state index in [1.165, 1.54) is 19.2 Å². The van der Waals surface area contributed by atoms with Gasteiger partial charge >= 0.3 is 0 Å². The maximum absolute atomic E-state index is 12.0. The van der Waals surface area contributed by atoms with E-state index in [1.54, 1.807) is 6.07 Å². The van der Waals surface area contributed by atoms with E-state index in [1.807, 2.05) is 6.92 Å². The summed E-state index contributed by atoms with van der Waals surface area (Å²) in [6.45, 7) is 1.97. The van der Waals surface area contributed by atoms with Gasteiger partial charge < -0.3 is 20.9 Å². The zero-order valence-corrected chi connectivity index (χ0v) is 11.8. The molecule has 104 valence electrons. The lowest BCUT2D eigenvalue weighted by atomic mass is 10.1. The number of hydrogen-bond acceptors (Lipinski definition) is 4. The molecule has 1 amide bonds. The minimum Gasteiger partial charge on any atom is -0.507 e. The van der Waals surface area contributed by atoms with E-state index in [0.717, 1.165) is 6.42 Å². The van der Waals surface area contributed by atoms with Gasteiger partial charge in [0.2, 0.25) is 0 Å². The first-order chi connectivity index (χ1) is 8.99. The van der Waals surface area contributed by atoms with Crippen molar-refractivity contribution < 1.29 is 14.6 Å². The van der Waals surface area contributed by atoms with Crippen molar-refractivity contribution in [1.82, 2.24) is 5.32 Å². The molecule has 0 aliphatic heterocycles. The topological polar surface area (TPSA) is 84.6 Å². The number of aromatic hydroxyl groups is 1. The van der Waals surface area contributed by atoms with Gasteiger partial charge in [-0.3, -0.25) is 4.79 Å². The predicted molar refractivity (Wildman–Crippen MR) is 77.6 cm³/mol. The van der Waals surface area contributed by atoms with E-state index in [0.29, 0.717) is 12.2 Å². The molecule has 0 spiro atoms. The number of phenolic OH excluding ortho intramolecular Hbond substituents is 1. The minimum atomic E-state index is -0.411. The van der Waals surface area contributed by atoms with Gasteiger partial charge in [0, 0.05) is 6.07 Å². The Morgan fingerprint density at radius 1 is 1.58 bits per heavy atom. The van der Waals surface area contributed by atoms with Gasteiger partial charge in [-0.15, -0.1) is 0 Å². The third-order valence-corrected chi connectivity index (χ3v) is 2.96. The summed E-state index contributed by atoms with van der Waals surface area (Å²) in [7, 11) is 1.48. The van der Waals surface area contributed by atoms with Gasteiger partial charge in [0.15, 0.2) is 0 Å². The first kappa shape index (κ1) is 15.2. The van der Waals surface area contributed by atoms with Crippen molar-refractivity contribution in [3.63, 3.8) is 0 Å². The molecule has 1 rings (SSSR count). The molecule has 0 aromatic heterocycles. The number of hydrogen-bond donors (Lipinski definition) is 3. The van der Waals surface area contributed by atoms with Gasteiger partial charge in [0.25, 0.3) is 5.91 Å². The van der Waals surface area contributed by atoms with Crippen LogP contribution in [0.2, 0.25) is 0 Å². The summed E-state index contributed by atoms with van der Waals surface area (Å²) in [5.74, 6) is -0.0741. The van der Waals surface area contributed by atoms with Gasteiger partial charge in [-0.25, -0.2) is 0 Å². The summed E-state index contributed by atoms with van der Waals surface area (Å²) in [4.78, 5) is 12.3. The van der Waals surface area contributed by atoms with Crippen LogP contribution in [0.15, 0.2) is 18.2 Å². The number of carbonyl (C=O) groups excluding carboxylic acids is 1. The molecule has 4 N–H and O–H groups in total. The van der Waals surface area contributed by atoms with Gasteiger partial charge in [0.05, 0.1) is 23.7 Å². The fraction of sp³-hybridized carbons (Fsp3) is 0.385. The summed E-state index contributed by atoms with van der Waals surface area (Å²) in [5, 5.41) is 12.5. The zero-order valence-electron chi connectivity index (χ0n) is 11.0. The fourth-order valence-electron chi connectivity index (χ4n) is 1.64. The number of methoxy groups -OCH3 is 1. The van der Waals surface area contributed by atoms with E-state index < -0.39 is 5.91 Å². The average molecular weight is 282 g/mol. The highest BCUT2D eigenvalue weighted by molar-refractivity contribution is 7.80. The maximum Gasteiger partial charge on any atom is 0.255 e. The van der Waals surface area contributed by atoms with Crippen LogP contribution in [-0.4, -0.2) is 29.2 Å². The van der Waals surface area contributed by atoms with Crippen LogP contribution < -0.4 is 15.8 Å². The molecule has 1 unspecified atom stereocenters. The molecule has 0 bridgehead atoms. The van der Waals surface area contributed by atoms with Crippen LogP contribution in [0.3, 0.4) is 0 Å². The number of nitrogens with one attached hydrogen (secondary N) is 1. The lowest BCUT2D eigenvalue weighted by Gasteiger charge is -2.17. The van der Waals surface area contributed by atoms with Crippen molar-refractivity contribution in [2.45, 2.75) is 25.8 Å². The number of nitrogens with two attached hydrogens (primary N) is 1. The summed E-state index contributed by atoms with van der Waals surface area (Å²) < 4.78 is 4.96. The highest BCUT2D eigenvalue weighted by atomic mass is 32.1. The van der Waals surface area contributed by atoms with E-state index in [2.05, 4.69) is 5.32 Å². The maximum atomic E-state index is 12.0. The Morgan fingerprint density at radius 2 is 2.26 bits per heavy atom. The number of rotatable bonds is 6. The summed E-state index contributed by atoms with van der Waals surface area (Å²) in [6.07, 6.45) is 1.51. The Hall–Kier alpha value is -1.82. The summed E-state index contributed by atoms with van der Waals surface area (Å²) in [6, 6.07) is 4.11. The van der Waals surface area contributed by atoms with Crippen molar-refractivity contribution in [2.24, 2.45) is 5.73 Å². The van der Waals surface area contributed by atoms with Crippen LogP contribution in [0.1, 0.15) is 30.1 Å². The molecule has 0 aliphatic carbocycles. The first-order valence-corrected chi connectivity index (χ1v) is 6.37.